The zero-order valence-electron chi connectivity index (χ0n) is 18.9. The van der Waals surface area contributed by atoms with Gasteiger partial charge in [0.15, 0.2) is 0 Å². The number of benzene rings is 2. The largest absolute Gasteiger partial charge is 0.481 e. The molecule has 0 bridgehead atoms. The topological polar surface area (TPSA) is 69.2 Å². The van der Waals surface area contributed by atoms with E-state index >= 15 is 0 Å². The Labute approximate surface area is 185 Å². The summed E-state index contributed by atoms with van der Waals surface area (Å²) in [6, 6.07) is 9.98. The van der Waals surface area contributed by atoms with Crippen molar-refractivity contribution in [2.75, 3.05) is 0 Å². The molecule has 0 aliphatic heterocycles. The molecule has 2 aromatic heterocycles. The standard InChI is InChI=1S/C25H28FN3O3/c1-5-8-19(13-23(30)31)29-22-10-7-6-9-21(22)28(25(29)32)14-17-11-18(26)12-20-15(2)16(3)27(4)24(17)20/h6-7,9-12,19H,5,8,13-14H2,1-4H3,(H,30,31). The van der Waals surface area contributed by atoms with Crippen molar-refractivity contribution in [3.63, 3.8) is 0 Å². The third-order valence-corrected chi connectivity index (χ3v) is 6.53. The Kier molecular flexibility index (Phi) is 5.67. The van der Waals surface area contributed by atoms with Crippen LogP contribution in [0.15, 0.2) is 41.2 Å². The van der Waals surface area contributed by atoms with Crippen LogP contribution in [-0.2, 0) is 18.4 Å². The number of rotatable bonds is 7. The second kappa shape index (κ2) is 8.30. The Morgan fingerprint density at radius 2 is 1.84 bits per heavy atom. The number of carbonyl (C=O) groups is 1. The van der Waals surface area contributed by atoms with E-state index in [0.717, 1.165) is 28.6 Å². The molecule has 7 heteroatoms. The number of aromatic nitrogens is 3. The molecule has 0 fully saturated rings. The lowest BCUT2D eigenvalue weighted by molar-refractivity contribution is -0.137. The van der Waals surface area contributed by atoms with E-state index in [2.05, 4.69) is 0 Å². The summed E-state index contributed by atoms with van der Waals surface area (Å²) in [6.07, 6.45) is 1.22. The number of imidazole rings is 1. The highest BCUT2D eigenvalue weighted by atomic mass is 19.1. The van der Waals surface area contributed by atoms with Crippen LogP contribution in [0.4, 0.5) is 4.39 Å². The van der Waals surface area contributed by atoms with Crippen molar-refractivity contribution in [1.29, 1.82) is 0 Å². The summed E-state index contributed by atoms with van der Waals surface area (Å²) in [5.74, 6) is -1.28. The maximum atomic E-state index is 14.5. The maximum absolute atomic E-state index is 14.5. The number of aliphatic carboxylic acids is 1. The average molecular weight is 438 g/mol. The first-order valence-corrected chi connectivity index (χ1v) is 10.9. The van der Waals surface area contributed by atoms with Crippen LogP contribution in [0.1, 0.15) is 49.0 Å². The number of aryl methyl sites for hydroxylation is 2. The van der Waals surface area contributed by atoms with Crippen LogP contribution in [0.2, 0.25) is 0 Å². The van der Waals surface area contributed by atoms with Crippen LogP contribution in [0, 0.1) is 19.7 Å². The summed E-state index contributed by atoms with van der Waals surface area (Å²) in [5.41, 5.74) is 4.82. The van der Waals surface area contributed by atoms with E-state index in [9.17, 15) is 19.1 Å². The fourth-order valence-electron chi connectivity index (χ4n) is 4.84. The molecule has 0 aliphatic carbocycles. The highest BCUT2D eigenvalue weighted by Crippen LogP contribution is 2.30. The SMILES string of the molecule is CCCC(CC(=O)O)n1c(=O)n(Cc2cc(F)cc3c(C)c(C)n(C)c23)c2ccccc21. The van der Waals surface area contributed by atoms with Crippen LogP contribution >= 0.6 is 0 Å². The number of hydrogen-bond donors (Lipinski definition) is 1. The smallest absolute Gasteiger partial charge is 0.329 e. The highest BCUT2D eigenvalue weighted by molar-refractivity contribution is 5.88. The second-order valence-electron chi connectivity index (χ2n) is 8.50. The average Bonchev–Trinajstić information content (AvgIpc) is 3.13. The van der Waals surface area contributed by atoms with Gasteiger partial charge in [0.25, 0.3) is 0 Å². The number of hydrogen-bond acceptors (Lipinski definition) is 2. The van der Waals surface area contributed by atoms with Crippen molar-refractivity contribution < 1.29 is 14.3 Å². The zero-order chi connectivity index (χ0) is 23.2. The summed E-state index contributed by atoms with van der Waals surface area (Å²) >= 11 is 0. The van der Waals surface area contributed by atoms with Gasteiger partial charge in [0.05, 0.1) is 29.5 Å². The molecule has 0 spiro atoms. The summed E-state index contributed by atoms with van der Waals surface area (Å²) in [5, 5.41) is 10.3. The fraction of sp³-hybridized carbons (Fsp3) is 0.360. The first kappa shape index (κ1) is 21.9. The van der Waals surface area contributed by atoms with Crippen LogP contribution in [0.3, 0.4) is 0 Å². The monoisotopic (exact) mass is 437 g/mol. The molecule has 4 rings (SSSR count). The van der Waals surface area contributed by atoms with Gasteiger partial charge in [-0.15, -0.1) is 0 Å². The van der Waals surface area contributed by atoms with Gasteiger partial charge in [0, 0.05) is 24.2 Å². The molecule has 1 unspecified atom stereocenters. The Morgan fingerprint density at radius 3 is 2.50 bits per heavy atom. The summed E-state index contributed by atoms with van der Waals surface area (Å²) in [4.78, 5) is 25.1. The molecule has 168 valence electrons. The minimum absolute atomic E-state index is 0.123. The first-order valence-electron chi connectivity index (χ1n) is 10.9. The van der Waals surface area contributed by atoms with E-state index in [1.54, 1.807) is 9.13 Å². The van der Waals surface area contributed by atoms with Crippen molar-refractivity contribution in [2.24, 2.45) is 7.05 Å². The highest BCUT2D eigenvalue weighted by Gasteiger charge is 2.23. The molecule has 32 heavy (non-hydrogen) atoms. The predicted octanol–water partition coefficient (Wildman–Crippen LogP) is 4.91. The number of halogens is 1. The summed E-state index contributed by atoms with van der Waals surface area (Å²) in [7, 11) is 1.95. The lowest BCUT2D eigenvalue weighted by atomic mass is 10.1. The Morgan fingerprint density at radius 1 is 1.16 bits per heavy atom. The molecule has 0 radical (unpaired) electrons. The molecular formula is C25H28FN3O3. The molecule has 1 atom stereocenters. The van der Waals surface area contributed by atoms with Gasteiger partial charge in [-0.2, -0.15) is 0 Å². The van der Waals surface area contributed by atoms with E-state index in [1.807, 2.05) is 56.7 Å². The number of para-hydroxylation sites is 2. The van der Waals surface area contributed by atoms with Gasteiger partial charge in [0.2, 0.25) is 0 Å². The molecular weight excluding hydrogens is 409 g/mol. The lowest BCUT2D eigenvalue weighted by Gasteiger charge is -2.16. The van der Waals surface area contributed by atoms with Crippen LogP contribution < -0.4 is 5.69 Å². The Balaban J connectivity index is 1.94. The number of nitrogens with zero attached hydrogens (tertiary/aromatic N) is 3. The van der Waals surface area contributed by atoms with Crippen LogP contribution in [0.5, 0.6) is 0 Å². The fourth-order valence-corrected chi connectivity index (χ4v) is 4.84. The lowest BCUT2D eigenvalue weighted by Crippen LogP contribution is -2.29. The van der Waals surface area contributed by atoms with Gasteiger partial charge in [-0.1, -0.05) is 25.5 Å². The molecule has 0 amide bonds. The minimum Gasteiger partial charge on any atom is -0.481 e. The van der Waals surface area contributed by atoms with E-state index < -0.39 is 12.0 Å². The van der Waals surface area contributed by atoms with Gasteiger partial charge in [-0.3, -0.25) is 13.9 Å². The minimum atomic E-state index is -0.936. The Hall–Kier alpha value is -3.35. The molecule has 0 saturated heterocycles. The van der Waals surface area contributed by atoms with E-state index in [4.69, 9.17) is 0 Å². The quantitative estimate of drug-likeness (QED) is 0.446. The van der Waals surface area contributed by atoms with Gasteiger partial charge in [-0.25, -0.2) is 9.18 Å². The van der Waals surface area contributed by atoms with Crippen molar-refractivity contribution in [3.05, 3.63) is 69.5 Å². The van der Waals surface area contributed by atoms with Gasteiger partial charge < -0.3 is 9.67 Å². The molecule has 6 nitrogen and oxygen atoms in total. The van der Waals surface area contributed by atoms with Gasteiger partial charge >= 0.3 is 11.7 Å². The van der Waals surface area contributed by atoms with Crippen molar-refractivity contribution >= 4 is 27.9 Å². The molecule has 4 aromatic rings. The van der Waals surface area contributed by atoms with E-state index in [-0.39, 0.29) is 24.5 Å². The molecule has 2 aromatic carbocycles. The van der Waals surface area contributed by atoms with E-state index in [1.165, 1.54) is 12.1 Å². The summed E-state index contributed by atoms with van der Waals surface area (Å²) < 4.78 is 19.8. The first-order chi connectivity index (χ1) is 15.2. The van der Waals surface area contributed by atoms with Crippen LogP contribution in [0.25, 0.3) is 21.9 Å². The molecule has 2 heterocycles. The van der Waals surface area contributed by atoms with Crippen molar-refractivity contribution in [3.8, 4) is 0 Å². The van der Waals surface area contributed by atoms with Crippen molar-refractivity contribution in [2.45, 2.75) is 52.6 Å². The normalized spacial score (nSPS) is 12.7. The molecule has 0 aliphatic rings. The maximum Gasteiger partial charge on any atom is 0.329 e. The van der Waals surface area contributed by atoms with E-state index in [0.29, 0.717) is 23.0 Å². The van der Waals surface area contributed by atoms with Gasteiger partial charge in [-0.05, 0) is 55.7 Å². The van der Waals surface area contributed by atoms with Crippen molar-refractivity contribution in [1.82, 2.24) is 13.7 Å². The van der Waals surface area contributed by atoms with Gasteiger partial charge in [0.1, 0.15) is 5.82 Å². The molecule has 0 saturated carbocycles. The number of carboxylic acid groups (broad SMARTS) is 1. The second-order valence-corrected chi connectivity index (χ2v) is 8.50. The van der Waals surface area contributed by atoms with Crippen LogP contribution in [-0.4, -0.2) is 24.8 Å². The molecule has 1 N–H and O–H groups in total. The third kappa shape index (κ3) is 3.51. The Bertz CT molecular complexity index is 1390. The summed E-state index contributed by atoms with van der Waals surface area (Å²) in [6.45, 7) is 6.14. The number of carboxylic acids is 1. The predicted molar refractivity (Wildman–Crippen MR) is 124 cm³/mol. The third-order valence-electron chi connectivity index (χ3n) is 6.53. The zero-order valence-corrected chi connectivity index (χ0v) is 18.9. The number of fused-ring (bicyclic) bond motifs is 2.